The number of halogens is 1. The van der Waals surface area contributed by atoms with E-state index in [2.05, 4.69) is 15.9 Å². The Bertz CT molecular complexity index is 1140. The number of nitrogens with zero attached hydrogens (tertiary/aromatic N) is 1. The van der Waals surface area contributed by atoms with Gasteiger partial charge in [0.1, 0.15) is 11.5 Å². The van der Waals surface area contributed by atoms with E-state index in [0.29, 0.717) is 17.1 Å². The lowest BCUT2D eigenvalue weighted by molar-refractivity contribution is -0.130. The molecule has 0 saturated carbocycles. The molecule has 1 amide bonds. The van der Waals surface area contributed by atoms with E-state index >= 15 is 0 Å². The predicted molar refractivity (Wildman–Crippen MR) is 123 cm³/mol. The highest BCUT2D eigenvalue weighted by atomic mass is 79.9. The molecular formula is C25H22BrNO4. The zero-order valence-corrected chi connectivity index (χ0v) is 18.8. The van der Waals surface area contributed by atoms with Crippen molar-refractivity contribution >= 4 is 27.4 Å². The number of ether oxygens (including phenoxy) is 2. The molecule has 0 radical (unpaired) electrons. The first-order valence-electron chi connectivity index (χ1n) is 9.79. The third-order valence-electron chi connectivity index (χ3n) is 5.39. The Morgan fingerprint density at radius 2 is 1.74 bits per heavy atom. The number of carbonyl (C=O) groups is 1. The molecule has 1 N–H and O–H groups in total. The monoisotopic (exact) mass is 479 g/mol. The molecule has 158 valence electrons. The Morgan fingerprint density at radius 1 is 0.968 bits per heavy atom. The molecule has 6 heteroatoms. The van der Waals surface area contributed by atoms with Crippen LogP contribution in [-0.2, 0) is 11.3 Å². The van der Waals surface area contributed by atoms with Gasteiger partial charge in [0.05, 0.1) is 26.8 Å². The summed E-state index contributed by atoms with van der Waals surface area (Å²) >= 11 is 3.53. The van der Waals surface area contributed by atoms with Crippen LogP contribution >= 0.6 is 15.9 Å². The van der Waals surface area contributed by atoms with Gasteiger partial charge in [-0.3, -0.25) is 4.79 Å². The molecule has 31 heavy (non-hydrogen) atoms. The minimum Gasteiger partial charge on any atom is -0.503 e. The summed E-state index contributed by atoms with van der Waals surface area (Å²) in [5.41, 5.74) is 3.12. The van der Waals surface area contributed by atoms with E-state index in [1.54, 1.807) is 25.2 Å². The number of methoxy groups -OCH3 is 2. The van der Waals surface area contributed by atoms with Crippen molar-refractivity contribution < 1.29 is 19.4 Å². The molecule has 0 saturated heterocycles. The van der Waals surface area contributed by atoms with Gasteiger partial charge in [-0.05, 0) is 35.4 Å². The lowest BCUT2D eigenvalue weighted by Gasteiger charge is -2.28. The average molecular weight is 480 g/mol. The molecule has 0 unspecified atom stereocenters. The van der Waals surface area contributed by atoms with Crippen LogP contribution in [0.5, 0.6) is 11.5 Å². The fraction of sp³-hybridized carbons (Fsp3) is 0.160. The summed E-state index contributed by atoms with van der Waals surface area (Å²) in [6.45, 7) is 0.267. The lowest BCUT2D eigenvalue weighted by atomic mass is 9.93. The third kappa shape index (κ3) is 4.03. The van der Waals surface area contributed by atoms with Gasteiger partial charge in [-0.1, -0.05) is 58.4 Å². The molecule has 0 aromatic heterocycles. The van der Waals surface area contributed by atoms with Gasteiger partial charge in [0.25, 0.3) is 5.91 Å². The molecule has 0 fully saturated rings. The van der Waals surface area contributed by atoms with Crippen molar-refractivity contribution in [1.29, 1.82) is 0 Å². The first-order valence-corrected chi connectivity index (χ1v) is 10.6. The van der Waals surface area contributed by atoms with Gasteiger partial charge in [-0.2, -0.15) is 0 Å². The second-order valence-electron chi connectivity index (χ2n) is 7.20. The predicted octanol–water partition coefficient (Wildman–Crippen LogP) is 5.52. The Kier molecular flexibility index (Phi) is 6.00. The highest BCUT2D eigenvalue weighted by molar-refractivity contribution is 9.10. The second-order valence-corrected chi connectivity index (χ2v) is 8.11. The van der Waals surface area contributed by atoms with Crippen molar-refractivity contribution in [3.8, 4) is 11.5 Å². The Morgan fingerprint density at radius 3 is 2.42 bits per heavy atom. The number of hydrogen-bond acceptors (Lipinski definition) is 4. The van der Waals surface area contributed by atoms with Crippen LogP contribution in [0.25, 0.3) is 5.57 Å². The van der Waals surface area contributed by atoms with Crippen LogP contribution in [0.2, 0.25) is 0 Å². The highest BCUT2D eigenvalue weighted by Crippen LogP contribution is 2.44. The normalized spacial score (nSPS) is 16.0. The molecule has 3 aromatic rings. The zero-order valence-electron chi connectivity index (χ0n) is 17.2. The molecule has 0 aliphatic carbocycles. The summed E-state index contributed by atoms with van der Waals surface area (Å²) in [4.78, 5) is 14.9. The number of benzene rings is 3. The third-order valence-corrected chi connectivity index (χ3v) is 5.88. The van der Waals surface area contributed by atoms with Crippen LogP contribution in [0.1, 0.15) is 22.7 Å². The smallest absolute Gasteiger partial charge is 0.290 e. The van der Waals surface area contributed by atoms with Crippen LogP contribution < -0.4 is 9.47 Å². The van der Waals surface area contributed by atoms with Crippen LogP contribution in [0.15, 0.2) is 83.0 Å². The molecule has 5 nitrogen and oxygen atoms in total. The van der Waals surface area contributed by atoms with Crippen molar-refractivity contribution in [3.63, 3.8) is 0 Å². The molecule has 3 aromatic carbocycles. The summed E-state index contributed by atoms with van der Waals surface area (Å²) in [5, 5.41) is 10.9. The summed E-state index contributed by atoms with van der Waals surface area (Å²) in [5.74, 6) is 0.640. The fourth-order valence-corrected chi connectivity index (χ4v) is 4.34. The summed E-state index contributed by atoms with van der Waals surface area (Å²) in [6.07, 6.45) is 0. The standard InChI is InChI=1S/C25H22BrNO4/c1-30-20-12-11-18(21(14-20)31-2)15-27-23(17-9-6-10-19(26)13-17)22(24(28)25(27)29)16-7-4-3-5-8-16/h3-14,23,28H,15H2,1-2H3/t23-/m1/s1. The van der Waals surface area contributed by atoms with Gasteiger partial charge in [0, 0.05) is 21.7 Å². The maximum atomic E-state index is 13.2. The van der Waals surface area contributed by atoms with E-state index in [1.165, 1.54) is 0 Å². The molecule has 0 bridgehead atoms. The quantitative estimate of drug-likeness (QED) is 0.505. The van der Waals surface area contributed by atoms with E-state index in [9.17, 15) is 9.90 Å². The SMILES string of the molecule is COc1ccc(CN2C(=O)C(O)=C(c3ccccc3)[C@H]2c2cccc(Br)c2)c(OC)c1. The maximum Gasteiger partial charge on any atom is 0.290 e. The van der Waals surface area contributed by atoms with Gasteiger partial charge in [-0.25, -0.2) is 0 Å². The lowest BCUT2D eigenvalue weighted by Crippen LogP contribution is -2.30. The van der Waals surface area contributed by atoms with Crippen LogP contribution in [0, 0.1) is 0 Å². The van der Waals surface area contributed by atoms with Crippen molar-refractivity contribution in [2.75, 3.05) is 14.2 Å². The first-order chi connectivity index (χ1) is 15.0. The average Bonchev–Trinajstić information content (AvgIpc) is 3.05. The van der Waals surface area contributed by atoms with Gasteiger partial charge in [-0.15, -0.1) is 0 Å². The van der Waals surface area contributed by atoms with E-state index in [-0.39, 0.29) is 12.3 Å². The van der Waals surface area contributed by atoms with E-state index in [1.807, 2.05) is 66.7 Å². The minimum atomic E-state index is -0.445. The number of aliphatic hydroxyl groups is 1. The van der Waals surface area contributed by atoms with Crippen molar-refractivity contribution in [1.82, 2.24) is 4.90 Å². The van der Waals surface area contributed by atoms with Crippen LogP contribution in [-0.4, -0.2) is 30.1 Å². The van der Waals surface area contributed by atoms with Gasteiger partial charge in [0.2, 0.25) is 0 Å². The molecule has 1 aliphatic rings. The number of carbonyl (C=O) groups excluding carboxylic acids is 1. The fourth-order valence-electron chi connectivity index (χ4n) is 3.92. The summed E-state index contributed by atoms with van der Waals surface area (Å²) in [6, 6.07) is 22.3. The molecule has 1 aliphatic heterocycles. The topological polar surface area (TPSA) is 59.0 Å². The second kappa shape index (κ2) is 8.86. The zero-order chi connectivity index (χ0) is 22.0. The van der Waals surface area contributed by atoms with E-state index in [4.69, 9.17) is 9.47 Å². The molecule has 1 atom stereocenters. The maximum absolute atomic E-state index is 13.2. The van der Waals surface area contributed by atoms with E-state index < -0.39 is 11.9 Å². The minimum absolute atomic E-state index is 0.233. The summed E-state index contributed by atoms with van der Waals surface area (Å²) < 4.78 is 11.7. The molecule has 4 rings (SSSR count). The van der Waals surface area contributed by atoms with Crippen molar-refractivity contribution in [2.45, 2.75) is 12.6 Å². The first kappa shape index (κ1) is 21.0. The van der Waals surface area contributed by atoms with Crippen molar-refractivity contribution in [2.24, 2.45) is 0 Å². The van der Waals surface area contributed by atoms with E-state index in [0.717, 1.165) is 21.2 Å². The number of rotatable bonds is 6. The Labute approximate surface area is 189 Å². The van der Waals surface area contributed by atoms with Gasteiger partial charge in [0.15, 0.2) is 5.76 Å². The molecule has 0 spiro atoms. The van der Waals surface area contributed by atoms with Gasteiger partial charge >= 0.3 is 0 Å². The number of hydrogen-bond donors (Lipinski definition) is 1. The van der Waals surface area contributed by atoms with Crippen LogP contribution in [0.3, 0.4) is 0 Å². The highest BCUT2D eigenvalue weighted by Gasteiger charge is 2.41. The number of aliphatic hydroxyl groups excluding tert-OH is 1. The van der Waals surface area contributed by atoms with Crippen LogP contribution in [0.4, 0.5) is 0 Å². The van der Waals surface area contributed by atoms with Crippen molar-refractivity contribution in [3.05, 3.63) is 99.7 Å². The Hall–Kier alpha value is -3.25. The largest absolute Gasteiger partial charge is 0.503 e. The summed E-state index contributed by atoms with van der Waals surface area (Å²) in [7, 11) is 3.18. The Balaban J connectivity index is 1.81. The molecule has 1 heterocycles. The number of amides is 1. The van der Waals surface area contributed by atoms with Gasteiger partial charge < -0.3 is 19.5 Å². The molecular weight excluding hydrogens is 458 g/mol.